The van der Waals surface area contributed by atoms with Crippen LogP contribution in [0.15, 0.2) is 42.5 Å². The molecule has 7 heteroatoms. The van der Waals surface area contributed by atoms with Gasteiger partial charge in [0.1, 0.15) is 5.75 Å². The lowest BCUT2D eigenvalue weighted by Gasteiger charge is -2.08. The summed E-state index contributed by atoms with van der Waals surface area (Å²) in [5, 5.41) is 4.39. The van der Waals surface area contributed by atoms with Crippen LogP contribution in [-0.2, 0) is 22.4 Å². The molecule has 0 aliphatic carbocycles. The van der Waals surface area contributed by atoms with E-state index in [9.17, 15) is 9.59 Å². The van der Waals surface area contributed by atoms with Crippen LogP contribution >= 0.6 is 11.6 Å². The number of carbonyl (C=O) groups is 2. The molecule has 1 heterocycles. The maximum atomic E-state index is 12.3. The van der Waals surface area contributed by atoms with E-state index in [1.54, 1.807) is 38.3 Å². The summed E-state index contributed by atoms with van der Waals surface area (Å²) < 4.78 is 10.4. The molecule has 0 spiro atoms. The van der Waals surface area contributed by atoms with Gasteiger partial charge in [0, 0.05) is 40.1 Å². The van der Waals surface area contributed by atoms with E-state index in [1.165, 1.54) is 0 Å². The molecule has 0 saturated heterocycles. The first-order chi connectivity index (χ1) is 14.0. The molecule has 3 rings (SSSR count). The largest absolute Gasteiger partial charge is 0.497 e. The molecule has 3 aromatic rings. The van der Waals surface area contributed by atoms with Crippen molar-refractivity contribution in [3.05, 3.63) is 64.3 Å². The quantitative estimate of drug-likeness (QED) is 0.548. The van der Waals surface area contributed by atoms with E-state index in [2.05, 4.69) is 10.3 Å². The number of aromatic nitrogens is 1. The molecular formula is C22H23ClN2O4. The number of H-pyrrole nitrogens is 1. The lowest BCUT2D eigenvalue weighted by atomic mass is 10.1. The molecule has 1 amide bonds. The molecule has 0 saturated carbocycles. The topological polar surface area (TPSA) is 80.4 Å². The first-order valence-corrected chi connectivity index (χ1v) is 9.76. The maximum absolute atomic E-state index is 12.3. The van der Waals surface area contributed by atoms with Crippen LogP contribution in [0, 0.1) is 0 Å². The van der Waals surface area contributed by atoms with Gasteiger partial charge in [0.25, 0.3) is 5.91 Å². The number of rotatable bonds is 8. The van der Waals surface area contributed by atoms with E-state index in [1.807, 2.05) is 18.2 Å². The van der Waals surface area contributed by atoms with Gasteiger partial charge in [-0.3, -0.25) is 9.59 Å². The van der Waals surface area contributed by atoms with E-state index in [0.717, 1.165) is 22.2 Å². The van der Waals surface area contributed by atoms with Crippen molar-refractivity contribution in [3.63, 3.8) is 0 Å². The van der Waals surface area contributed by atoms with Crippen molar-refractivity contribution in [3.8, 4) is 5.75 Å². The van der Waals surface area contributed by atoms with Crippen molar-refractivity contribution in [1.82, 2.24) is 10.3 Å². The third kappa shape index (κ3) is 5.09. The molecule has 1 aromatic heterocycles. The Labute approximate surface area is 174 Å². The number of nitrogens with one attached hydrogen (secondary N) is 2. The summed E-state index contributed by atoms with van der Waals surface area (Å²) in [5.41, 5.74) is 3.20. The molecule has 2 N–H and O–H groups in total. The number of ether oxygens (including phenoxy) is 2. The van der Waals surface area contributed by atoms with Crippen LogP contribution in [0.1, 0.15) is 28.5 Å². The number of fused-ring (bicyclic) bond motifs is 1. The zero-order valence-electron chi connectivity index (χ0n) is 16.4. The number of hydrogen-bond acceptors (Lipinski definition) is 4. The summed E-state index contributed by atoms with van der Waals surface area (Å²) >= 11 is 5.86. The zero-order valence-corrected chi connectivity index (χ0v) is 17.1. The van der Waals surface area contributed by atoms with Crippen molar-refractivity contribution < 1.29 is 19.1 Å². The maximum Gasteiger partial charge on any atom is 0.310 e. The molecule has 152 valence electrons. The minimum Gasteiger partial charge on any atom is -0.497 e. The Morgan fingerprint density at radius 2 is 1.90 bits per heavy atom. The van der Waals surface area contributed by atoms with Gasteiger partial charge in [-0.05, 0) is 55.0 Å². The zero-order chi connectivity index (χ0) is 20.8. The molecule has 0 fully saturated rings. The van der Waals surface area contributed by atoms with Gasteiger partial charge >= 0.3 is 5.97 Å². The summed E-state index contributed by atoms with van der Waals surface area (Å²) in [5.74, 6) is 0.248. The van der Waals surface area contributed by atoms with E-state index < -0.39 is 0 Å². The highest BCUT2D eigenvalue weighted by atomic mass is 35.5. The fourth-order valence-electron chi connectivity index (χ4n) is 3.19. The SMILES string of the molecule is CCOC(=O)Cc1c(CCNC(=O)c2ccc(Cl)cc2)[nH]c2ccc(OC)cc12. The average Bonchev–Trinajstić information content (AvgIpc) is 3.05. The molecule has 0 aliphatic heterocycles. The van der Waals surface area contributed by atoms with E-state index in [-0.39, 0.29) is 18.3 Å². The molecule has 0 atom stereocenters. The monoisotopic (exact) mass is 414 g/mol. The summed E-state index contributed by atoms with van der Waals surface area (Å²) in [6.07, 6.45) is 0.701. The van der Waals surface area contributed by atoms with Crippen LogP contribution in [0.5, 0.6) is 5.75 Å². The van der Waals surface area contributed by atoms with E-state index >= 15 is 0 Å². The van der Waals surface area contributed by atoms with Gasteiger partial charge in [0.05, 0.1) is 20.1 Å². The minimum atomic E-state index is -0.289. The lowest BCUT2D eigenvalue weighted by molar-refractivity contribution is -0.142. The fraction of sp³-hybridized carbons (Fsp3) is 0.273. The number of esters is 1. The first kappa shape index (κ1) is 20.7. The van der Waals surface area contributed by atoms with Crippen LogP contribution < -0.4 is 10.1 Å². The van der Waals surface area contributed by atoms with Crippen LogP contribution in [0.2, 0.25) is 5.02 Å². The Bertz CT molecular complexity index is 1010. The van der Waals surface area contributed by atoms with Crippen molar-refractivity contribution in [1.29, 1.82) is 0 Å². The number of methoxy groups -OCH3 is 1. The highest BCUT2D eigenvalue weighted by Crippen LogP contribution is 2.27. The number of aromatic amines is 1. The van der Waals surface area contributed by atoms with Gasteiger partial charge < -0.3 is 19.8 Å². The Balaban J connectivity index is 1.77. The number of carbonyl (C=O) groups excluding carboxylic acids is 2. The second-order valence-corrected chi connectivity index (χ2v) is 6.92. The Morgan fingerprint density at radius 1 is 1.14 bits per heavy atom. The average molecular weight is 415 g/mol. The summed E-state index contributed by atoms with van der Waals surface area (Å²) in [7, 11) is 1.60. The molecule has 0 bridgehead atoms. The van der Waals surface area contributed by atoms with Crippen molar-refractivity contribution in [2.75, 3.05) is 20.3 Å². The molecule has 0 radical (unpaired) electrons. The first-order valence-electron chi connectivity index (χ1n) is 9.38. The normalized spacial score (nSPS) is 10.7. The number of amides is 1. The van der Waals surface area contributed by atoms with Crippen molar-refractivity contribution >= 4 is 34.4 Å². The summed E-state index contributed by atoms with van der Waals surface area (Å²) in [6.45, 7) is 2.53. The second kappa shape index (κ2) is 9.47. The van der Waals surface area contributed by atoms with Crippen LogP contribution in [0.3, 0.4) is 0 Å². The Morgan fingerprint density at radius 3 is 2.59 bits per heavy atom. The summed E-state index contributed by atoms with van der Waals surface area (Å²) in [6, 6.07) is 12.4. The van der Waals surface area contributed by atoms with Gasteiger partial charge in [0.15, 0.2) is 0 Å². The predicted octanol–water partition coefficient (Wildman–Crippen LogP) is 3.91. The van der Waals surface area contributed by atoms with E-state index in [4.69, 9.17) is 21.1 Å². The number of benzene rings is 2. The second-order valence-electron chi connectivity index (χ2n) is 6.49. The Hall–Kier alpha value is -2.99. The summed E-state index contributed by atoms with van der Waals surface area (Å²) in [4.78, 5) is 27.8. The highest BCUT2D eigenvalue weighted by molar-refractivity contribution is 6.30. The predicted molar refractivity (Wildman–Crippen MR) is 113 cm³/mol. The van der Waals surface area contributed by atoms with Gasteiger partial charge in [-0.2, -0.15) is 0 Å². The third-order valence-corrected chi connectivity index (χ3v) is 4.85. The lowest BCUT2D eigenvalue weighted by Crippen LogP contribution is -2.26. The smallest absolute Gasteiger partial charge is 0.310 e. The van der Waals surface area contributed by atoms with E-state index in [0.29, 0.717) is 35.9 Å². The van der Waals surface area contributed by atoms with Crippen molar-refractivity contribution in [2.45, 2.75) is 19.8 Å². The van der Waals surface area contributed by atoms with Gasteiger partial charge in [0.2, 0.25) is 0 Å². The molecule has 29 heavy (non-hydrogen) atoms. The molecular weight excluding hydrogens is 392 g/mol. The number of halogens is 1. The Kier molecular flexibility index (Phi) is 6.77. The molecule has 0 aliphatic rings. The van der Waals surface area contributed by atoms with Gasteiger partial charge in [-0.15, -0.1) is 0 Å². The van der Waals surface area contributed by atoms with Crippen LogP contribution in [0.4, 0.5) is 0 Å². The molecule has 0 unspecified atom stereocenters. The number of hydrogen-bond donors (Lipinski definition) is 2. The highest BCUT2D eigenvalue weighted by Gasteiger charge is 2.16. The van der Waals surface area contributed by atoms with Crippen LogP contribution in [0.25, 0.3) is 10.9 Å². The van der Waals surface area contributed by atoms with Gasteiger partial charge in [-0.25, -0.2) is 0 Å². The molecule has 6 nitrogen and oxygen atoms in total. The standard InChI is InChI=1S/C22H23ClN2O4/c1-3-29-21(26)13-18-17-12-16(28-2)8-9-19(17)25-20(18)10-11-24-22(27)14-4-6-15(23)7-5-14/h4-9,12,25H,3,10-11,13H2,1-2H3,(H,24,27). The molecule has 2 aromatic carbocycles. The van der Waals surface area contributed by atoms with Crippen molar-refractivity contribution in [2.24, 2.45) is 0 Å². The van der Waals surface area contributed by atoms with Gasteiger partial charge in [-0.1, -0.05) is 11.6 Å². The third-order valence-electron chi connectivity index (χ3n) is 4.60. The fourth-order valence-corrected chi connectivity index (χ4v) is 3.31. The van der Waals surface area contributed by atoms with Crippen LogP contribution in [-0.4, -0.2) is 37.1 Å². The minimum absolute atomic E-state index is 0.154.